The summed E-state index contributed by atoms with van der Waals surface area (Å²) in [6.07, 6.45) is 0. The first kappa shape index (κ1) is 17.0. The third-order valence-electron chi connectivity index (χ3n) is 3.21. The molecule has 0 aliphatic heterocycles. The molecule has 0 atom stereocenters. The Balaban J connectivity index is 0.000000203. The number of rotatable bonds is 2. The third kappa shape index (κ3) is 4.53. The van der Waals surface area contributed by atoms with Crippen molar-refractivity contribution in [3.05, 3.63) is 72.3 Å². The molecule has 0 bridgehead atoms. The zero-order valence-electron chi connectivity index (χ0n) is 12.3. The van der Waals surface area contributed by atoms with Gasteiger partial charge in [0.25, 0.3) is 10.1 Å². The zero-order chi connectivity index (χ0) is 16.9. The average Bonchev–Trinajstić information content (AvgIpc) is 2.55. The number of aromatic hydroxyl groups is 1. The molecule has 23 heavy (non-hydrogen) atoms. The first-order chi connectivity index (χ1) is 10.9. The van der Waals surface area contributed by atoms with Gasteiger partial charge in [-0.25, -0.2) is 0 Å². The Morgan fingerprint density at radius 3 is 2.17 bits per heavy atom. The van der Waals surface area contributed by atoms with Crippen LogP contribution in [0, 0.1) is 0 Å². The van der Waals surface area contributed by atoms with Crippen molar-refractivity contribution in [3.8, 4) is 5.75 Å². The summed E-state index contributed by atoms with van der Waals surface area (Å²) in [6, 6.07) is 18.9. The van der Waals surface area contributed by atoms with Crippen LogP contribution in [0.4, 0.5) is 0 Å². The molecule has 0 spiro atoms. The van der Waals surface area contributed by atoms with Gasteiger partial charge in [0.2, 0.25) is 0 Å². The van der Waals surface area contributed by atoms with Gasteiger partial charge in [-0.1, -0.05) is 48.5 Å². The molecule has 0 aromatic heterocycles. The fourth-order valence-corrected chi connectivity index (χ4v) is 2.52. The number of fused-ring (bicyclic) bond motifs is 1. The Bertz CT molecular complexity index is 893. The normalized spacial score (nSPS) is 10.9. The van der Waals surface area contributed by atoms with Crippen LogP contribution in [-0.2, 0) is 16.7 Å². The van der Waals surface area contributed by atoms with Gasteiger partial charge in [0, 0.05) is 11.9 Å². The van der Waals surface area contributed by atoms with Crippen molar-refractivity contribution < 1.29 is 18.1 Å². The minimum Gasteiger partial charge on any atom is -0.507 e. The van der Waals surface area contributed by atoms with Crippen molar-refractivity contribution in [2.24, 2.45) is 5.73 Å². The summed E-state index contributed by atoms with van der Waals surface area (Å²) < 4.78 is 30.6. The quantitative estimate of drug-likeness (QED) is 0.627. The highest BCUT2D eigenvalue weighted by molar-refractivity contribution is 7.85. The lowest BCUT2D eigenvalue weighted by molar-refractivity contribution is 0.481. The van der Waals surface area contributed by atoms with Gasteiger partial charge < -0.3 is 10.8 Å². The van der Waals surface area contributed by atoms with Crippen LogP contribution in [0.1, 0.15) is 5.56 Å². The van der Waals surface area contributed by atoms with Crippen LogP contribution in [0.5, 0.6) is 5.75 Å². The SMILES string of the molecule is NCc1ccccc1.O=S(=O)(O)c1ccc2cccc(O)c2c1. The molecule has 3 aromatic rings. The van der Waals surface area contributed by atoms with E-state index in [9.17, 15) is 13.5 Å². The number of hydrogen-bond acceptors (Lipinski definition) is 4. The van der Waals surface area contributed by atoms with E-state index in [4.69, 9.17) is 10.3 Å². The van der Waals surface area contributed by atoms with Gasteiger partial charge in [0.1, 0.15) is 5.75 Å². The van der Waals surface area contributed by atoms with Gasteiger partial charge >= 0.3 is 0 Å². The third-order valence-corrected chi connectivity index (χ3v) is 4.06. The van der Waals surface area contributed by atoms with Gasteiger partial charge in [-0.05, 0) is 29.1 Å². The number of benzene rings is 3. The summed E-state index contributed by atoms with van der Waals surface area (Å²) in [5, 5.41) is 10.6. The maximum absolute atomic E-state index is 10.9. The van der Waals surface area contributed by atoms with E-state index < -0.39 is 10.1 Å². The van der Waals surface area contributed by atoms with Crippen LogP contribution in [0.3, 0.4) is 0 Å². The van der Waals surface area contributed by atoms with Crippen molar-refractivity contribution in [1.29, 1.82) is 0 Å². The fourth-order valence-electron chi connectivity index (χ4n) is 2.01. The lowest BCUT2D eigenvalue weighted by Gasteiger charge is -2.02. The summed E-state index contributed by atoms with van der Waals surface area (Å²) in [7, 11) is -4.22. The highest BCUT2D eigenvalue weighted by Gasteiger charge is 2.10. The number of hydrogen-bond donors (Lipinski definition) is 3. The van der Waals surface area contributed by atoms with Crippen LogP contribution in [0.15, 0.2) is 71.6 Å². The van der Waals surface area contributed by atoms with Gasteiger partial charge in [-0.15, -0.1) is 0 Å². The van der Waals surface area contributed by atoms with Gasteiger partial charge in [-0.2, -0.15) is 8.42 Å². The predicted octanol–water partition coefficient (Wildman–Crippen LogP) is 2.94. The van der Waals surface area contributed by atoms with E-state index in [0.717, 1.165) is 0 Å². The largest absolute Gasteiger partial charge is 0.507 e. The molecule has 6 heteroatoms. The van der Waals surface area contributed by atoms with Crippen LogP contribution in [0.25, 0.3) is 10.8 Å². The van der Waals surface area contributed by atoms with E-state index in [0.29, 0.717) is 17.3 Å². The maximum Gasteiger partial charge on any atom is 0.294 e. The molecule has 0 aliphatic carbocycles. The predicted molar refractivity (Wildman–Crippen MR) is 89.8 cm³/mol. The molecule has 3 rings (SSSR count). The number of phenolic OH excluding ortho intramolecular Hbond substituents is 1. The number of phenols is 1. The molecular weight excluding hydrogens is 314 g/mol. The molecule has 0 unspecified atom stereocenters. The van der Waals surface area contributed by atoms with E-state index in [1.54, 1.807) is 12.1 Å². The second-order valence-corrected chi connectivity index (χ2v) is 6.25. The minimum absolute atomic E-state index is 0.0157. The second kappa shape index (κ2) is 7.23. The highest BCUT2D eigenvalue weighted by atomic mass is 32.2. The summed E-state index contributed by atoms with van der Waals surface area (Å²) in [6.45, 7) is 0.640. The molecule has 4 N–H and O–H groups in total. The highest BCUT2D eigenvalue weighted by Crippen LogP contribution is 2.26. The summed E-state index contributed by atoms with van der Waals surface area (Å²) >= 11 is 0. The van der Waals surface area contributed by atoms with Crippen LogP contribution in [0.2, 0.25) is 0 Å². The minimum atomic E-state index is -4.22. The van der Waals surface area contributed by atoms with Crippen molar-refractivity contribution in [2.75, 3.05) is 0 Å². The van der Waals surface area contributed by atoms with Crippen molar-refractivity contribution in [1.82, 2.24) is 0 Å². The Morgan fingerprint density at radius 1 is 0.913 bits per heavy atom. The molecular formula is C17H17NO4S. The second-order valence-electron chi connectivity index (χ2n) is 4.82. The van der Waals surface area contributed by atoms with E-state index in [1.165, 1.54) is 29.8 Å². The van der Waals surface area contributed by atoms with Crippen molar-refractivity contribution in [3.63, 3.8) is 0 Å². The molecule has 0 saturated heterocycles. The van der Waals surface area contributed by atoms with E-state index in [2.05, 4.69) is 0 Å². The van der Waals surface area contributed by atoms with Gasteiger partial charge in [0.15, 0.2) is 0 Å². The van der Waals surface area contributed by atoms with Crippen LogP contribution < -0.4 is 5.73 Å². The molecule has 120 valence electrons. The summed E-state index contributed by atoms with van der Waals surface area (Å²) in [5.74, 6) is -0.0157. The monoisotopic (exact) mass is 331 g/mol. The lowest BCUT2D eigenvalue weighted by atomic mass is 10.1. The standard InChI is InChI=1S/C10H8O4S.C7H9N/c11-10-3-1-2-7-4-5-8(6-9(7)10)15(12,13)14;8-6-7-4-2-1-3-5-7/h1-6,11H,(H,12,13,14);1-5H,6,8H2. The fraction of sp³-hybridized carbons (Fsp3) is 0.0588. The van der Waals surface area contributed by atoms with E-state index in [1.807, 2.05) is 30.3 Å². The van der Waals surface area contributed by atoms with Crippen LogP contribution in [-0.4, -0.2) is 18.1 Å². The van der Waals surface area contributed by atoms with E-state index in [-0.39, 0.29) is 10.6 Å². The first-order valence-electron chi connectivity index (χ1n) is 6.85. The van der Waals surface area contributed by atoms with E-state index >= 15 is 0 Å². The lowest BCUT2D eigenvalue weighted by Crippen LogP contribution is -1.97. The molecule has 0 heterocycles. The Morgan fingerprint density at radius 2 is 1.61 bits per heavy atom. The molecule has 3 aromatic carbocycles. The Labute approximate surface area is 134 Å². The Kier molecular flexibility index (Phi) is 5.33. The first-order valence-corrected chi connectivity index (χ1v) is 8.29. The summed E-state index contributed by atoms with van der Waals surface area (Å²) in [4.78, 5) is -0.225. The average molecular weight is 331 g/mol. The molecule has 0 fully saturated rings. The van der Waals surface area contributed by atoms with Gasteiger partial charge in [-0.3, -0.25) is 4.55 Å². The number of nitrogens with two attached hydrogens (primary N) is 1. The molecule has 0 aliphatic rings. The maximum atomic E-state index is 10.9. The van der Waals surface area contributed by atoms with Gasteiger partial charge in [0.05, 0.1) is 4.90 Å². The summed E-state index contributed by atoms with van der Waals surface area (Å²) in [5.41, 5.74) is 6.54. The zero-order valence-corrected chi connectivity index (χ0v) is 13.1. The molecule has 5 nitrogen and oxygen atoms in total. The molecule has 0 amide bonds. The van der Waals surface area contributed by atoms with Crippen molar-refractivity contribution >= 4 is 20.9 Å². The topological polar surface area (TPSA) is 101 Å². The Hall–Kier alpha value is -2.41. The molecule has 0 radical (unpaired) electrons. The van der Waals surface area contributed by atoms with Crippen molar-refractivity contribution in [2.45, 2.75) is 11.4 Å². The van der Waals surface area contributed by atoms with Crippen LogP contribution >= 0.6 is 0 Å². The molecule has 0 saturated carbocycles. The smallest absolute Gasteiger partial charge is 0.294 e.